The Morgan fingerprint density at radius 1 is 1.39 bits per heavy atom. The molecule has 0 spiro atoms. The van der Waals surface area contributed by atoms with Gasteiger partial charge in [0.25, 0.3) is 5.91 Å². The third kappa shape index (κ3) is 2.64. The summed E-state index contributed by atoms with van der Waals surface area (Å²) in [5.41, 5.74) is 9.23. The third-order valence-corrected chi connectivity index (χ3v) is 3.58. The molecule has 1 atom stereocenters. The number of nitrogens with two attached hydrogens (primary N) is 1. The molecule has 98 valence electrons. The largest absolute Gasteiger partial charge is 0.398 e. The van der Waals surface area contributed by atoms with Crippen LogP contribution in [0.3, 0.4) is 0 Å². The molecule has 1 fully saturated rings. The predicted octanol–water partition coefficient (Wildman–Crippen LogP) is 1.32. The molecule has 1 heterocycles. The third-order valence-electron chi connectivity index (χ3n) is 3.58. The van der Waals surface area contributed by atoms with Crippen LogP contribution in [0.2, 0.25) is 0 Å². The molecular weight excluding hydrogens is 226 g/mol. The minimum absolute atomic E-state index is 0.0144. The van der Waals surface area contributed by atoms with Crippen molar-refractivity contribution >= 4 is 11.6 Å². The molecule has 1 aliphatic rings. The number of anilines is 1. The van der Waals surface area contributed by atoms with Gasteiger partial charge in [-0.2, -0.15) is 0 Å². The highest BCUT2D eigenvalue weighted by Gasteiger charge is 2.22. The van der Waals surface area contributed by atoms with Crippen molar-refractivity contribution in [3.8, 4) is 0 Å². The minimum Gasteiger partial charge on any atom is -0.398 e. The van der Waals surface area contributed by atoms with Gasteiger partial charge in [-0.3, -0.25) is 4.79 Å². The minimum atomic E-state index is -0.0144. The van der Waals surface area contributed by atoms with Crippen molar-refractivity contribution in [3.05, 3.63) is 28.8 Å². The lowest BCUT2D eigenvalue weighted by Crippen LogP contribution is -2.36. The Morgan fingerprint density at radius 3 is 2.72 bits per heavy atom. The average Bonchev–Trinajstić information content (AvgIpc) is 2.69. The first-order chi connectivity index (χ1) is 8.47. The maximum Gasteiger partial charge on any atom is 0.251 e. The predicted molar refractivity (Wildman–Crippen MR) is 73.7 cm³/mol. The quantitative estimate of drug-likeness (QED) is 0.775. The van der Waals surface area contributed by atoms with E-state index in [1.807, 2.05) is 19.9 Å². The van der Waals surface area contributed by atoms with E-state index in [-0.39, 0.29) is 11.9 Å². The van der Waals surface area contributed by atoms with E-state index in [2.05, 4.69) is 17.3 Å². The fraction of sp³-hybridized carbons (Fsp3) is 0.500. The van der Waals surface area contributed by atoms with Crippen LogP contribution < -0.4 is 11.1 Å². The molecule has 0 bridgehead atoms. The van der Waals surface area contributed by atoms with Gasteiger partial charge in [0.15, 0.2) is 0 Å². The molecule has 0 aromatic heterocycles. The Balaban J connectivity index is 2.11. The first kappa shape index (κ1) is 12.9. The zero-order chi connectivity index (χ0) is 13.3. The monoisotopic (exact) mass is 247 g/mol. The first-order valence-electron chi connectivity index (χ1n) is 6.33. The number of nitrogens with zero attached hydrogens (tertiary/aromatic N) is 1. The van der Waals surface area contributed by atoms with Crippen molar-refractivity contribution in [2.75, 3.05) is 25.9 Å². The number of likely N-dealkylation sites (N-methyl/N-ethyl adjacent to an activating group) is 1. The van der Waals surface area contributed by atoms with Gasteiger partial charge in [-0.15, -0.1) is 0 Å². The van der Waals surface area contributed by atoms with Crippen LogP contribution in [-0.2, 0) is 0 Å². The highest BCUT2D eigenvalue weighted by molar-refractivity contribution is 5.97. The van der Waals surface area contributed by atoms with E-state index < -0.39 is 0 Å². The van der Waals surface area contributed by atoms with Crippen LogP contribution in [0.1, 0.15) is 27.9 Å². The number of benzene rings is 1. The number of hydrogen-bond acceptors (Lipinski definition) is 3. The summed E-state index contributed by atoms with van der Waals surface area (Å²) in [7, 11) is 2.07. The second-order valence-corrected chi connectivity index (χ2v) is 5.25. The van der Waals surface area contributed by atoms with E-state index in [4.69, 9.17) is 5.73 Å². The number of amides is 1. The summed E-state index contributed by atoms with van der Waals surface area (Å²) >= 11 is 0. The Kier molecular flexibility index (Phi) is 3.57. The average molecular weight is 247 g/mol. The molecule has 1 saturated heterocycles. The molecule has 1 aromatic carbocycles. The molecule has 1 amide bonds. The summed E-state index contributed by atoms with van der Waals surface area (Å²) in [6.07, 6.45) is 1.02. The normalized spacial score (nSPS) is 20.1. The summed E-state index contributed by atoms with van der Waals surface area (Å²) in [4.78, 5) is 14.4. The Bertz CT molecular complexity index is 470. The zero-order valence-corrected chi connectivity index (χ0v) is 11.3. The summed E-state index contributed by atoms with van der Waals surface area (Å²) in [6, 6.07) is 3.99. The number of carbonyl (C=O) groups is 1. The highest BCUT2D eigenvalue weighted by atomic mass is 16.1. The number of nitrogen functional groups attached to an aromatic ring is 1. The van der Waals surface area contributed by atoms with Crippen LogP contribution in [0.4, 0.5) is 5.69 Å². The van der Waals surface area contributed by atoms with Crippen molar-refractivity contribution in [1.29, 1.82) is 0 Å². The molecule has 1 unspecified atom stereocenters. The van der Waals surface area contributed by atoms with E-state index in [1.54, 1.807) is 6.07 Å². The molecule has 0 saturated carbocycles. The molecule has 3 N–H and O–H groups in total. The molecule has 4 heteroatoms. The van der Waals surface area contributed by atoms with Gasteiger partial charge < -0.3 is 16.0 Å². The molecule has 4 nitrogen and oxygen atoms in total. The summed E-state index contributed by atoms with van der Waals surface area (Å²) in [5.74, 6) is -0.0144. The second-order valence-electron chi connectivity index (χ2n) is 5.25. The molecular formula is C14H21N3O. The van der Waals surface area contributed by atoms with Gasteiger partial charge in [0.05, 0.1) is 0 Å². The van der Waals surface area contributed by atoms with Gasteiger partial charge in [-0.25, -0.2) is 0 Å². The van der Waals surface area contributed by atoms with E-state index in [1.165, 1.54) is 0 Å². The molecule has 0 aliphatic carbocycles. The maximum atomic E-state index is 12.2. The van der Waals surface area contributed by atoms with Gasteiger partial charge >= 0.3 is 0 Å². The number of hydrogen-bond donors (Lipinski definition) is 2. The highest BCUT2D eigenvalue weighted by Crippen LogP contribution is 2.18. The van der Waals surface area contributed by atoms with Crippen molar-refractivity contribution in [2.24, 2.45) is 0 Å². The van der Waals surface area contributed by atoms with Gasteiger partial charge in [-0.1, -0.05) is 6.07 Å². The van der Waals surface area contributed by atoms with Crippen LogP contribution in [0.25, 0.3) is 0 Å². The van der Waals surface area contributed by atoms with Gasteiger partial charge in [0.1, 0.15) is 0 Å². The fourth-order valence-corrected chi connectivity index (χ4v) is 2.43. The van der Waals surface area contributed by atoms with Crippen molar-refractivity contribution < 1.29 is 4.79 Å². The number of likely N-dealkylation sites (tertiary alicyclic amines) is 1. The van der Waals surface area contributed by atoms with Crippen LogP contribution in [0, 0.1) is 13.8 Å². The number of aryl methyl sites for hydroxylation is 2. The molecule has 2 rings (SSSR count). The molecule has 1 aromatic rings. The Hall–Kier alpha value is -1.55. The van der Waals surface area contributed by atoms with Crippen molar-refractivity contribution in [3.63, 3.8) is 0 Å². The first-order valence-corrected chi connectivity index (χ1v) is 6.33. The van der Waals surface area contributed by atoms with E-state index in [9.17, 15) is 4.79 Å². The fourth-order valence-electron chi connectivity index (χ4n) is 2.43. The number of rotatable bonds is 2. The molecule has 0 radical (unpaired) electrons. The smallest absolute Gasteiger partial charge is 0.251 e. The maximum absolute atomic E-state index is 12.2. The lowest BCUT2D eigenvalue weighted by molar-refractivity contribution is 0.0938. The number of carbonyl (C=O) groups excluding carboxylic acids is 1. The zero-order valence-electron chi connectivity index (χ0n) is 11.3. The molecule has 1 aliphatic heterocycles. The topological polar surface area (TPSA) is 58.4 Å². The van der Waals surface area contributed by atoms with Crippen LogP contribution in [0.15, 0.2) is 12.1 Å². The summed E-state index contributed by atoms with van der Waals surface area (Å²) < 4.78 is 0. The number of nitrogens with one attached hydrogen (secondary N) is 1. The van der Waals surface area contributed by atoms with E-state index in [0.717, 1.165) is 30.6 Å². The summed E-state index contributed by atoms with van der Waals surface area (Å²) in [6.45, 7) is 5.87. The van der Waals surface area contributed by atoms with Crippen LogP contribution in [-0.4, -0.2) is 37.0 Å². The van der Waals surface area contributed by atoms with Crippen LogP contribution in [0.5, 0.6) is 0 Å². The van der Waals surface area contributed by atoms with Crippen LogP contribution >= 0.6 is 0 Å². The van der Waals surface area contributed by atoms with Crippen molar-refractivity contribution in [1.82, 2.24) is 10.2 Å². The van der Waals surface area contributed by atoms with Gasteiger partial charge in [-0.05, 0) is 51.1 Å². The lowest BCUT2D eigenvalue weighted by Gasteiger charge is -2.15. The summed E-state index contributed by atoms with van der Waals surface area (Å²) in [5, 5.41) is 3.08. The van der Waals surface area contributed by atoms with E-state index in [0.29, 0.717) is 11.3 Å². The molecule has 18 heavy (non-hydrogen) atoms. The van der Waals surface area contributed by atoms with Gasteiger partial charge in [0.2, 0.25) is 0 Å². The SMILES string of the molecule is Cc1cc(C)c(C(=O)NC2CCN(C)C2)cc1N. The second kappa shape index (κ2) is 4.98. The lowest BCUT2D eigenvalue weighted by atomic mass is 10.0. The Morgan fingerprint density at radius 2 is 2.11 bits per heavy atom. The van der Waals surface area contributed by atoms with E-state index >= 15 is 0 Å². The Labute approximate surface area is 108 Å². The van der Waals surface area contributed by atoms with Crippen molar-refractivity contribution in [2.45, 2.75) is 26.3 Å². The standard InChI is InChI=1S/C14H21N3O/c1-9-6-10(2)13(15)7-12(9)14(18)16-11-4-5-17(3)8-11/h6-7,11H,4-5,8,15H2,1-3H3,(H,16,18). The van der Waals surface area contributed by atoms with Gasteiger partial charge in [0, 0.05) is 23.8 Å².